The van der Waals surface area contributed by atoms with Crippen LogP contribution < -0.4 is 0 Å². The van der Waals surface area contributed by atoms with E-state index < -0.39 is 9.84 Å². The second-order valence-corrected chi connectivity index (χ2v) is 12.7. The third kappa shape index (κ3) is 10.9. The summed E-state index contributed by atoms with van der Waals surface area (Å²) in [4.78, 5) is 11.4. The summed E-state index contributed by atoms with van der Waals surface area (Å²) in [6.07, 6.45) is 16.8. The Morgan fingerprint density at radius 3 is 2.52 bits per heavy atom. The average molecular weight is 560 g/mol. The van der Waals surface area contributed by atoms with Crippen LogP contribution in [0.4, 0.5) is 0 Å². The number of aliphatic imine (C=N–C) groups is 1. The van der Waals surface area contributed by atoms with E-state index in [1.54, 1.807) is 7.05 Å². The van der Waals surface area contributed by atoms with Crippen LogP contribution in [0.3, 0.4) is 0 Å². The van der Waals surface area contributed by atoms with Gasteiger partial charge in [-0.25, -0.2) is 13.4 Å². The van der Waals surface area contributed by atoms with E-state index in [-0.39, 0.29) is 5.75 Å². The summed E-state index contributed by atoms with van der Waals surface area (Å²) in [6, 6.07) is 12.5. The molecule has 1 atom stereocenters. The zero-order chi connectivity index (χ0) is 29.7. The Kier molecular flexibility index (Phi) is 13.0. The molecule has 6 heteroatoms. The maximum Gasteiger partial charge on any atom is 0.147 e. The highest BCUT2D eigenvalue weighted by Crippen LogP contribution is 2.28. The molecule has 0 N–H and O–H groups in total. The molecule has 214 valence electrons. The van der Waals surface area contributed by atoms with Crippen molar-refractivity contribution in [1.29, 1.82) is 0 Å². The monoisotopic (exact) mass is 559 g/mol. The summed E-state index contributed by atoms with van der Waals surface area (Å²) < 4.78 is 23.1. The van der Waals surface area contributed by atoms with E-state index in [1.165, 1.54) is 6.26 Å². The van der Waals surface area contributed by atoms with Crippen LogP contribution in [0.1, 0.15) is 56.4 Å². The summed E-state index contributed by atoms with van der Waals surface area (Å²) in [7, 11) is 2.82. The molecule has 0 saturated heterocycles. The van der Waals surface area contributed by atoms with E-state index in [9.17, 15) is 8.42 Å². The fourth-order valence-corrected chi connectivity index (χ4v) is 5.16. The number of benzene rings is 1. The second-order valence-electron chi connectivity index (χ2n) is 10.5. The van der Waals surface area contributed by atoms with Crippen molar-refractivity contribution in [2.24, 2.45) is 10.9 Å². The van der Waals surface area contributed by atoms with Gasteiger partial charge in [0.25, 0.3) is 0 Å². The molecular weight excluding hydrogens is 514 g/mol. The number of sulfone groups is 1. The summed E-state index contributed by atoms with van der Waals surface area (Å²) in [5.41, 5.74) is 7.73. The van der Waals surface area contributed by atoms with Crippen LogP contribution in [0.15, 0.2) is 84.5 Å². The highest BCUT2D eigenvalue weighted by atomic mass is 32.2. The molecule has 1 heterocycles. The van der Waals surface area contributed by atoms with Crippen LogP contribution in [0.2, 0.25) is 0 Å². The standard InChI is InChI=1S/C34H45N3O2S/c1-9-27(15-13-21-40(8,38)39)14-11-18-34-32(31(24-35-5)22-26(3)4)19-20-33(36-34)30-17-12-16-29(23-30)28(10-2)25-37(6)7/h10-12,16-20,22-25,27H,2-3,9,13-15,21H2,1,4-8H3/b18-11+,28-25+,31-22+,35-24?. The maximum absolute atomic E-state index is 11.5. The molecule has 0 bridgehead atoms. The predicted molar refractivity (Wildman–Crippen MR) is 175 cm³/mol. The molecule has 2 rings (SSSR count). The fourth-order valence-electron chi connectivity index (χ4n) is 4.47. The lowest BCUT2D eigenvalue weighted by Gasteiger charge is -2.13. The third-order valence-corrected chi connectivity index (χ3v) is 7.49. The first-order valence-corrected chi connectivity index (χ1v) is 15.8. The minimum Gasteiger partial charge on any atom is -0.383 e. The summed E-state index contributed by atoms with van der Waals surface area (Å²) in [5, 5.41) is 0. The number of hydrogen-bond donors (Lipinski definition) is 0. The van der Waals surface area contributed by atoms with E-state index in [1.807, 2.05) is 56.4 Å². The number of allylic oxidation sites excluding steroid dienone is 6. The van der Waals surface area contributed by atoms with Gasteiger partial charge < -0.3 is 4.90 Å². The van der Waals surface area contributed by atoms with Gasteiger partial charge in [0, 0.05) is 62.3 Å². The fraction of sp³-hybridized carbons (Fsp3) is 0.353. The summed E-state index contributed by atoms with van der Waals surface area (Å²) in [5.74, 6) is 0.660. The van der Waals surface area contributed by atoms with Gasteiger partial charge in [-0.05, 0) is 67.5 Å². The maximum atomic E-state index is 11.5. The van der Waals surface area contributed by atoms with Gasteiger partial charge in [0.2, 0.25) is 0 Å². The van der Waals surface area contributed by atoms with Gasteiger partial charge in [-0.3, -0.25) is 4.99 Å². The van der Waals surface area contributed by atoms with Gasteiger partial charge in [0.05, 0.1) is 11.4 Å². The van der Waals surface area contributed by atoms with Crippen LogP contribution in [0, 0.1) is 5.92 Å². The molecule has 0 aliphatic rings. The predicted octanol–water partition coefficient (Wildman–Crippen LogP) is 7.75. The zero-order valence-corrected chi connectivity index (χ0v) is 25.8. The highest BCUT2D eigenvalue weighted by molar-refractivity contribution is 7.90. The van der Waals surface area contributed by atoms with Crippen LogP contribution in [-0.4, -0.2) is 57.7 Å². The lowest BCUT2D eigenvalue weighted by atomic mass is 9.95. The van der Waals surface area contributed by atoms with Crippen molar-refractivity contribution in [2.75, 3.05) is 33.2 Å². The molecule has 1 unspecified atom stereocenters. The van der Waals surface area contributed by atoms with Gasteiger partial charge in [0.15, 0.2) is 0 Å². The molecule has 0 aliphatic carbocycles. The van der Waals surface area contributed by atoms with Crippen LogP contribution in [0.25, 0.3) is 28.5 Å². The molecule has 40 heavy (non-hydrogen) atoms. The number of aromatic nitrogens is 1. The van der Waals surface area contributed by atoms with Crippen molar-refractivity contribution in [1.82, 2.24) is 9.88 Å². The molecule has 0 saturated carbocycles. The molecule has 1 aromatic carbocycles. The first kappa shape index (κ1) is 32.7. The molecule has 5 nitrogen and oxygen atoms in total. The van der Waals surface area contributed by atoms with Gasteiger partial charge in [0.1, 0.15) is 9.84 Å². The molecule has 0 fully saturated rings. The lowest BCUT2D eigenvalue weighted by Crippen LogP contribution is -2.06. The van der Waals surface area contributed by atoms with Crippen molar-refractivity contribution in [3.63, 3.8) is 0 Å². The Hall–Kier alpha value is -3.51. The molecule has 0 spiro atoms. The topological polar surface area (TPSA) is 62.6 Å². The summed E-state index contributed by atoms with van der Waals surface area (Å²) in [6.45, 7) is 12.2. The van der Waals surface area contributed by atoms with E-state index in [4.69, 9.17) is 4.98 Å². The van der Waals surface area contributed by atoms with Crippen LogP contribution >= 0.6 is 0 Å². The second kappa shape index (κ2) is 15.9. The molecular formula is C34H45N3O2S. The molecule has 2 aromatic rings. The zero-order valence-electron chi connectivity index (χ0n) is 25.0. The van der Waals surface area contributed by atoms with E-state index in [0.29, 0.717) is 12.3 Å². The first-order valence-electron chi connectivity index (χ1n) is 13.7. The Labute approximate surface area is 242 Å². The van der Waals surface area contributed by atoms with Crippen molar-refractivity contribution in [3.05, 3.63) is 96.4 Å². The average Bonchev–Trinajstić information content (AvgIpc) is 2.89. The van der Waals surface area contributed by atoms with Gasteiger partial charge >= 0.3 is 0 Å². The SMILES string of the molecule is C=C/C(=C\N(C)C)c1cccc(-c2ccc(/C(C=NC)=C/C(=C)C)c(/C=C/CC(CC)CCCS(C)(=O)=O)n2)c1. The van der Waals surface area contributed by atoms with E-state index in [0.717, 1.165) is 64.1 Å². The minimum atomic E-state index is -2.93. The number of pyridine rings is 1. The third-order valence-electron chi connectivity index (χ3n) is 6.46. The van der Waals surface area contributed by atoms with Gasteiger partial charge in [-0.15, -0.1) is 0 Å². The van der Waals surface area contributed by atoms with Gasteiger partial charge in [-0.2, -0.15) is 0 Å². The minimum absolute atomic E-state index is 0.239. The molecule has 0 amide bonds. The Bertz CT molecular complexity index is 1400. The van der Waals surface area contributed by atoms with E-state index >= 15 is 0 Å². The first-order chi connectivity index (χ1) is 19.0. The number of rotatable bonds is 15. The van der Waals surface area contributed by atoms with Crippen LogP contribution in [-0.2, 0) is 9.84 Å². The molecule has 0 aliphatic heterocycles. The normalized spacial score (nSPS) is 13.7. The highest BCUT2D eigenvalue weighted by Gasteiger charge is 2.12. The van der Waals surface area contributed by atoms with Crippen LogP contribution in [0.5, 0.6) is 0 Å². The largest absolute Gasteiger partial charge is 0.383 e. The lowest BCUT2D eigenvalue weighted by molar-refractivity contribution is 0.470. The summed E-state index contributed by atoms with van der Waals surface area (Å²) >= 11 is 0. The Balaban J connectivity index is 2.51. The van der Waals surface area contributed by atoms with Crippen molar-refractivity contribution < 1.29 is 8.42 Å². The number of hydrogen-bond acceptors (Lipinski definition) is 5. The molecule has 1 aromatic heterocycles. The Morgan fingerprint density at radius 1 is 1.18 bits per heavy atom. The van der Waals surface area contributed by atoms with Crippen molar-refractivity contribution in [2.45, 2.75) is 39.5 Å². The molecule has 0 radical (unpaired) electrons. The smallest absolute Gasteiger partial charge is 0.147 e. The number of nitrogens with zero attached hydrogens (tertiary/aromatic N) is 3. The quantitative estimate of drug-likeness (QED) is 0.165. The van der Waals surface area contributed by atoms with Crippen molar-refractivity contribution in [3.8, 4) is 11.3 Å². The van der Waals surface area contributed by atoms with Gasteiger partial charge in [-0.1, -0.05) is 68.5 Å². The van der Waals surface area contributed by atoms with E-state index in [2.05, 4.69) is 67.7 Å². The van der Waals surface area contributed by atoms with Crippen molar-refractivity contribution >= 4 is 33.3 Å². The Morgan fingerprint density at radius 2 is 1.93 bits per heavy atom.